The third-order valence-corrected chi connectivity index (χ3v) is 8.96. The molecular formula is C27H41ClO5S. The molecule has 5 nitrogen and oxygen atoms in total. The van der Waals surface area contributed by atoms with E-state index >= 15 is 0 Å². The lowest BCUT2D eigenvalue weighted by molar-refractivity contribution is -0.192. The van der Waals surface area contributed by atoms with E-state index in [1.807, 2.05) is 0 Å². The van der Waals surface area contributed by atoms with Crippen LogP contribution in [-0.4, -0.2) is 48.5 Å². The minimum absolute atomic E-state index is 0.0148. The number of ether oxygens (including phenoxy) is 3. The van der Waals surface area contributed by atoms with Crippen LogP contribution in [0.4, 0.5) is 0 Å². The van der Waals surface area contributed by atoms with Gasteiger partial charge >= 0.3 is 5.97 Å². The van der Waals surface area contributed by atoms with Gasteiger partial charge in [0.2, 0.25) is 0 Å². The van der Waals surface area contributed by atoms with E-state index < -0.39 is 0 Å². The maximum absolute atomic E-state index is 12.4. The molecule has 0 radical (unpaired) electrons. The van der Waals surface area contributed by atoms with E-state index in [0.717, 1.165) is 77.2 Å². The number of methoxy groups -OCH3 is 1. The van der Waals surface area contributed by atoms with Gasteiger partial charge in [-0.3, -0.25) is 9.59 Å². The Bertz CT molecular complexity index is 718. The van der Waals surface area contributed by atoms with Crippen LogP contribution in [0.3, 0.4) is 0 Å². The molecule has 0 aromatic rings. The van der Waals surface area contributed by atoms with Crippen LogP contribution in [0.5, 0.6) is 0 Å². The van der Waals surface area contributed by atoms with E-state index in [-0.39, 0.29) is 46.6 Å². The van der Waals surface area contributed by atoms with E-state index in [9.17, 15) is 9.59 Å². The number of ketones is 1. The summed E-state index contributed by atoms with van der Waals surface area (Å²) in [6, 6.07) is 0. The van der Waals surface area contributed by atoms with Crippen molar-refractivity contribution in [3.63, 3.8) is 0 Å². The van der Waals surface area contributed by atoms with Crippen molar-refractivity contribution in [3.05, 3.63) is 23.1 Å². The van der Waals surface area contributed by atoms with Crippen LogP contribution in [0.15, 0.2) is 23.1 Å². The van der Waals surface area contributed by atoms with Crippen molar-refractivity contribution in [2.24, 2.45) is 11.8 Å². The first-order chi connectivity index (χ1) is 16.5. The van der Waals surface area contributed by atoms with E-state index in [1.165, 1.54) is 12.0 Å². The monoisotopic (exact) mass is 512 g/mol. The number of thioether (sulfide) groups is 1. The molecule has 2 aliphatic heterocycles. The number of unbranched alkanes of at least 4 members (excludes halogenated alkanes) is 2. The Morgan fingerprint density at radius 3 is 2.85 bits per heavy atom. The van der Waals surface area contributed by atoms with Crippen molar-refractivity contribution < 1.29 is 23.8 Å². The van der Waals surface area contributed by atoms with Gasteiger partial charge in [0.05, 0.1) is 13.2 Å². The fourth-order valence-electron chi connectivity index (χ4n) is 5.19. The molecule has 0 N–H and O–H groups in total. The molecule has 1 saturated carbocycles. The highest BCUT2D eigenvalue weighted by atomic mass is 35.5. The predicted molar refractivity (Wildman–Crippen MR) is 138 cm³/mol. The van der Waals surface area contributed by atoms with Crippen molar-refractivity contribution in [3.8, 4) is 0 Å². The average molecular weight is 513 g/mol. The number of rotatable bonds is 13. The van der Waals surface area contributed by atoms with Crippen LogP contribution in [0.25, 0.3) is 0 Å². The van der Waals surface area contributed by atoms with Crippen LogP contribution in [0.2, 0.25) is 0 Å². The Balaban J connectivity index is 1.57. The number of hydrogen-bond acceptors (Lipinski definition) is 6. The van der Waals surface area contributed by atoms with Gasteiger partial charge in [-0.05, 0) is 74.7 Å². The largest absolute Gasteiger partial charge is 0.468 e. The first-order valence-electron chi connectivity index (χ1n) is 13.1. The van der Waals surface area contributed by atoms with E-state index in [4.69, 9.17) is 25.8 Å². The molecule has 2 fully saturated rings. The normalized spacial score (nSPS) is 31.7. The smallest absolute Gasteiger partial charge is 0.319 e. The molecule has 34 heavy (non-hydrogen) atoms. The summed E-state index contributed by atoms with van der Waals surface area (Å²) >= 11 is 8.49. The van der Waals surface area contributed by atoms with Crippen LogP contribution >= 0.6 is 23.4 Å². The number of carbonyl (C=O) groups excluding carboxylic acids is 2. The topological polar surface area (TPSA) is 61.8 Å². The third kappa shape index (κ3) is 8.39. The predicted octanol–water partition coefficient (Wildman–Crippen LogP) is 6.58. The summed E-state index contributed by atoms with van der Waals surface area (Å²) in [5.74, 6) is 0.431. The zero-order valence-corrected chi connectivity index (χ0v) is 22.3. The number of esters is 1. The molecule has 3 rings (SSSR count). The standard InChI is InChI=1S/C27H41ClO5S/c1-3-4-5-9-19(29)13-15-22-21(11-8-10-20-14-16-25(34-20)27(30)31-2)23(28)18-24(22)33-26-12-6-7-17-32-26/h13-15,21-26H,3-12,16-18H2,1-2H3/b15-13+/t21-,22?,23?,24-,25?,26?/m1/s1. The lowest BCUT2D eigenvalue weighted by Gasteiger charge is -2.29. The second-order valence-electron chi connectivity index (χ2n) is 9.67. The van der Waals surface area contributed by atoms with E-state index in [2.05, 4.69) is 19.1 Å². The van der Waals surface area contributed by atoms with Gasteiger partial charge in [0.25, 0.3) is 0 Å². The number of allylic oxidation sites excluding steroid dienone is 3. The lowest BCUT2D eigenvalue weighted by Crippen LogP contribution is -2.30. The molecular weight excluding hydrogens is 472 g/mol. The fourth-order valence-corrected chi connectivity index (χ4v) is 6.86. The van der Waals surface area contributed by atoms with Gasteiger partial charge in [-0.25, -0.2) is 0 Å². The highest BCUT2D eigenvalue weighted by Gasteiger charge is 2.42. The lowest BCUT2D eigenvalue weighted by atomic mass is 9.89. The molecule has 7 heteroatoms. The van der Waals surface area contributed by atoms with Gasteiger partial charge < -0.3 is 14.2 Å². The molecule has 0 aromatic carbocycles. The van der Waals surface area contributed by atoms with Gasteiger partial charge in [-0.2, -0.15) is 0 Å². The van der Waals surface area contributed by atoms with Crippen molar-refractivity contribution in [2.75, 3.05) is 13.7 Å². The molecule has 192 valence electrons. The van der Waals surface area contributed by atoms with Crippen LogP contribution < -0.4 is 0 Å². The van der Waals surface area contributed by atoms with Crippen molar-refractivity contribution in [2.45, 2.75) is 107 Å². The second-order valence-corrected chi connectivity index (χ2v) is 11.6. The van der Waals surface area contributed by atoms with Crippen molar-refractivity contribution in [1.82, 2.24) is 0 Å². The Kier molecular flexibility index (Phi) is 12.0. The zero-order chi connectivity index (χ0) is 24.3. The Morgan fingerprint density at radius 2 is 2.12 bits per heavy atom. The number of hydrogen-bond donors (Lipinski definition) is 0. The van der Waals surface area contributed by atoms with Gasteiger partial charge in [-0.15, -0.1) is 23.4 Å². The first kappa shape index (κ1) is 27.8. The summed E-state index contributed by atoms with van der Waals surface area (Å²) in [5, 5.41) is -0.0820. The van der Waals surface area contributed by atoms with Gasteiger partial charge in [0, 0.05) is 24.3 Å². The minimum atomic E-state index is -0.159. The second kappa shape index (κ2) is 14.7. The molecule has 1 saturated heterocycles. The Hall–Kier alpha value is -0.820. The minimum Gasteiger partial charge on any atom is -0.468 e. The van der Waals surface area contributed by atoms with Crippen molar-refractivity contribution >= 4 is 35.1 Å². The van der Waals surface area contributed by atoms with Crippen LogP contribution in [-0.2, 0) is 23.8 Å². The zero-order valence-electron chi connectivity index (χ0n) is 20.7. The Morgan fingerprint density at radius 1 is 1.26 bits per heavy atom. The number of halogens is 1. The summed E-state index contributed by atoms with van der Waals surface area (Å²) in [6.07, 6.45) is 17.2. The van der Waals surface area contributed by atoms with Gasteiger partial charge in [-0.1, -0.05) is 31.9 Å². The average Bonchev–Trinajstić information content (AvgIpc) is 3.42. The molecule has 6 atom stereocenters. The third-order valence-electron chi connectivity index (χ3n) is 7.12. The van der Waals surface area contributed by atoms with Crippen molar-refractivity contribution in [1.29, 1.82) is 0 Å². The molecule has 1 aliphatic carbocycles. The number of alkyl halides is 1. The maximum atomic E-state index is 12.4. The molecule has 0 spiro atoms. The Labute approximate surface area is 214 Å². The molecule has 3 aliphatic rings. The van der Waals surface area contributed by atoms with Gasteiger partial charge in [0.15, 0.2) is 12.1 Å². The van der Waals surface area contributed by atoms with E-state index in [0.29, 0.717) is 6.42 Å². The summed E-state index contributed by atoms with van der Waals surface area (Å²) in [4.78, 5) is 25.5. The van der Waals surface area contributed by atoms with Gasteiger partial charge in [0.1, 0.15) is 5.25 Å². The summed E-state index contributed by atoms with van der Waals surface area (Å²) < 4.78 is 17.1. The highest BCUT2D eigenvalue weighted by molar-refractivity contribution is 8.04. The first-order valence-corrected chi connectivity index (χ1v) is 14.4. The summed E-state index contributed by atoms with van der Waals surface area (Å²) in [7, 11) is 1.45. The fraction of sp³-hybridized carbons (Fsp3) is 0.778. The van der Waals surface area contributed by atoms with Crippen LogP contribution in [0, 0.1) is 11.8 Å². The quantitative estimate of drug-likeness (QED) is 0.120. The summed E-state index contributed by atoms with van der Waals surface area (Å²) in [6.45, 7) is 2.90. The van der Waals surface area contributed by atoms with Crippen LogP contribution in [0.1, 0.15) is 84.0 Å². The van der Waals surface area contributed by atoms with E-state index in [1.54, 1.807) is 17.8 Å². The molecule has 0 aromatic heterocycles. The number of carbonyl (C=O) groups is 2. The summed E-state index contributed by atoms with van der Waals surface area (Å²) in [5.41, 5.74) is 0. The SMILES string of the molecule is CCCCCC(=O)/C=C/C1[C@@H](CCCC2=CCC(C(=O)OC)S2)C(Cl)C[C@H]1OC1CCCCO1. The molecule has 2 heterocycles. The highest BCUT2D eigenvalue weighted by Crippen LogP contribution is 2.44. The maximum Gasteiger partial charge on any atom is 0.319 e. The molecule has 0 bridgehead atoms. The molecule has 0 amide bonds. The molecule has 4 unspecified atom stereocenters.